The quantitative estimate of drug-likeness (QED) is 0.283. The lowest BCUT2D eigenvalue weighted by molar-refractivity contribution is -0.147. The number of benzene rings is 2. The molecule has 0 aliphatic heterocycles. The second-order valence-electron chi connectivity index (χ2n) is 7.74. The molecule has 1 fully saturated rings. The Kier molecular flexibility index (Phi) is 8.53. The second-order valence-corrected chi connectivity index (χ2v) is 9.36. The summed E-state index contributed by atoms with van der Waals surface area (Å²) in [5.41, 5.74) is -0.0243. The number of anilines is 1. The van der Waals surface area contributed by atoms with Crippen LogP contribution >= 0.6 is 7.75 Å². The molecule has 1 aliphatic rings. The van der Waals surface area contributed by atoms with Gasteiger partial charge in [0, 0.05) is 0 Å². The van der Waals surface area contributed by atoms with Crippen molar-refractivity contribution in [3.05, 3.63) is 59.8 Å². The van der Waals surface area contributed by atoms with Gasteiger partial charge in [0.25, 0.3) is 0 Å². The zero-order valence-electron chi connectivity index (χ0n) is 17.9. The van der Waals surface area contributed by atoms with Gasteiger partial charge in [0.1, 0.15) is 17.5 Å². The molecule has 32 heavy (non-hydrogen) atoms. The highest BCUT2D eigenvalue weighted by Crippen LogP contribution is 2.45. The van der Waals surface area contributed by atoms with Crippen LogP contribution in [-0.4, -0.2) is 23.8 Å². The molecule has 2 aromatic carbocycles. The SMILES string of the molecule is C[C@H](NP(=O)(Oc1ccccc1)Oc1ccc(N([O-])O)cc1)C(=O)OCC1CCCCC1. The Balaban J connectivity index is 1.68. The van der Waals surface area contributed by atoms with Crippen molar-refractivity contribution < 1.29 is 28.4 Å². The van der Waals surface area contributed by atoms with E-state index in [2.05, 4.69) is 5.09 Å². The number of para-hydroxylation sites is 1. The summed E-state index contributed by atoms with van der Waals surface area (Å²) >= 11 is 0. The maximum absolute atomic E-state index is 13.5. The van der Waals surface area contributed by atoms with E-state index in [0.29, 0.717) is 12.5 Å². The molecule has 3 rings (SSSR count). The average molecular weight is 463 g/mol. The van der Waals surface area contributed by atoms with Crippen molar-refractivity contribution in [2.75, 3.05) is 11.8 Å². The van der Waals surface area contributed by atoms with Gasteiger partial charge < -0.3 is 24.2 Å². The number of carbonyl (C=O) groups excluding carboxylic acids is 1. The summed E-state index contributed by atoms with van der Waals surface area (Å²) in [6.07, 6.45) is 5.58. The van der Waals surface area contributed by atoms with Crippen LogP contribution in [0.4, 0.5) is 5.69 Å². The fraction of sp³-hybridized carbons (Fsp3) is 0.409. The summed E-state index contributed by atoms with van der Waals surface area (Å²) in [5.74, 6) is 0.205. The molecule has 2 N–H and O–H groups in total. The average Bonchev–Trinajstić information content (AvgIpc) is 2.79. The van der Waals surface area contributed by atoms with E-state index in [0.717, 1.165) is 25.7 Å². The van der Waals surface area contributed by atoms with E-state index in [-0.39, 0.29) is 22.4 Å². The number of ether oxygens (including phenoxy) is 1. The molecule has 0 spiro atoms. The van der Waals surface area contributed by atoms with Crippen molar-refractivity contribution in [1.82, 2.24) is 5.09 Å². The molecule has 0 saturated heterocycles. The van der Waals surface area contributed by atoms with Crippen molar-refractivity contribution >= 4 is 19.4 Å². The summed E-state index contributed by atoms with van der Waals surface area (Å²) in [6.45, 7) is 1.86. The fourth-order valence-electron chi connectivity index (χ4n) is 3.43. The monoisotopic (exact) mass is 463 g/mol. The third-order valence-corrected chi connectivity index (χ3v) is 6.75. The maximum atomic E-state index is 13.5. The molecular formula is C22H28N2O7P-. The van der Waals surface area contributed by atoms with Gasteiger partial charge in [-0.1, -0.05) is 37.5 Å². The predicted octanol–water partition coefficient (Wildman–Crippen LogP) is 5.05. The zero-order chi connectivity index (χ0) is 23.0. The Labute approximate surface area is 187 Å². The fourth-order valence-corrected chi connectivity index (χ4v) is 4.95. The molecule has 0 radical (unpaired) electrons. The zero-order valence-corrected chi connectivity index (χ0v) is 18.8. The molecule has 1 unspecified atom stereocenters. The van der Waals surface area contributed by atoms with E-state index >= 15 is 0 Å². The van der Waals surface area contributed by atoms with Crippen LogP contribution in [0.1, 0.15) is 39.0 Å². The van der Waals surface area contributed by atoms with Gasteiger partial charge in [0.05, 0.1) is 12.3 Å². The van der Waals surface area contributed by atoms with E-state index in [1.165, 1.54) is 37.6 Å². The van der Waals surface area contributed by atoms with Crippen LogP contribution in [0, 0.1) is 11.1 Å². The van der Waals surface area contributed by atoms with E-state index in [9.17, 15) is 14.6 Å². The lowest BCUT2D eigenvalue weighted by Crippen LogP contribution is -2.36. The Morgan fingerprint density at radius 3 is 2.28 bits per heavy atom. The minimum absolute atomic E-state index is 0.0243. The number of nitrogens with zero attached hydrogens (tertiary/aromatic N) is 1. The number of nitrogens with one attached hydrogen (secondary N) is 1. The number of rotatable bonds is 10. The van der Waals surface area contributed by atoms with Crippen LogP contribution in [0.25, 0.3) is 0 Å². The van der Waals surface area contributed by atoms with Crippen molar-refractivity contribution in [3.63, 3.8) is 0 Å². The van der Waals surface area contributed by atoms with Gasteiger partial charge in [0.2, 0.25) is 0 Å². The van der Waals surface area contributed by atoms with Gasteiger partial charge in [-0.2, -0.15) is 5.09 Å². The highest BCUT2D eigenvalue weighted by molar-refractivity contribution is 7.52. The minimum atomic E-state index is -4.07. The summed E-state index contributed by atoms with van der Waals surface area (Å²) in [7, 11) is -4.07. The van der Waals surface area contributed by atoms with Crippen molar-refractivity contribution in [1.29, 1.82) is 0 Å². The molecule has 2 aromatic rings. The molecule has 9 nitrogen and oxygen atoms in total. The van der Waals surface area contributed by atoms with E-state index in [4.69, 9.17) is 19.0 Å². The van der Waals surface area contributed by atoms with Crippen molar-refractivity contribution in [2.24, 2.45) is 5.92 Å². The van der Waals surface area contributed by atoms with E-state index < -0.39 is 19.8 Å². The first-order valence-electron chi connectivity index (χ1n) is 10.6. The lowest BCUT2D eigenvalue weighted by Gasteiger charge is -2.25. The standard InChI is InChI=1S/C22H28N2O7P/c1-17(22(25)29-16-18-8-4-2-5-9-18)23-32(28,30-20-10-6-3-7-11-20)31-21-14-12-19(13-15-21)24(26)27/h3,6-7,10-15,17-18,26H,2,4-5,8-9,16H2,1H3,(H,23,28)/q-1/t17-,32?/m0/s1. The van der Waals surface area contributed by atoms with E-state index in [1.54, 1.807) is 30.3 Å². The Hall–Kier alpha value is -2.58. The molecule has 1 saturated carbocycles. The van der Waals surface area contributed by atoms with Crippen LogP contribution in [-0.2, 0) is 14.1 Å². The Morgan fingerprint density at radius 2 is 1.69 bits per heavy atom. The normalized spacial score (nSPS) is 17.1. The van der Waals surface area contributed by atoms with Gasteiger partial charge in [-0.15, -0.1) is 0 Å². The summed E-state index contributed by atoms with van der Waals surface area (Å²) in [6, 6.07) is 12.7. The summed E-state index contributed by atoms with van der Waals surface area (Å²) in [4.78, 5) is 12.5. The van der Waals surface area contributed by atoms with Gasteiger partial charge in [-0.05, 0) is 62.1 Å². The van der Waals surface area contributed by atoms with Crippen molar-refractivity contribution in [2.45, 2.75) is 45.1 Å². The molecule has 1 aliphatic carbocycles. The Morgan fingerprint density at radius 1 is 1.09 bits per heavy atom. The lowest BCUT2D eigenvalue weighted by atomic mass is 9.90. The van der Waals surface area contributed by atoms with Crippen LogP contribution in [0.5, 0.6) is 11.5 Å². The highest BCUT2D eigenvalue weighted by atomic mass is 31.2. The topological polar surface area (TPSA) is 120 Å². The first-order chi connectivity index (χ1) is 15.3. The first kappa shape index (κ1) is 24.1. The Bertz CT molecular complexity index is 902. The van der Waals surface area contributed by atoms with Crippen LogP contribution in [0.3, 0.4) is 0 Å². The summed E-state index contributed by atoms with van der Waals surface area (Å²) < 4.78 is 30.1. The predicted molar refractivity (Wildman–Crippen MR) is 120 cm³/mol. The van der Waals surface area contributed by atoms with Crippen LogP contribution < -0.4 is 19.4 Å². The molecule has 0 aromatic heterocycles. The third-order valence-electron chi connectivity index (χ3n) is 5.14. The number of hydrogen-bond acceptors (Lipinski definition) is 8. The molecule has 174 valence electrons. The van der Waals surface area contributed by atoms with Crippen LogP contribution in [0.2, 0.25) is 0 Å². The molecule has 2 atom stereocenters. The first-order valence-corrected chi connectivity index (χ1v) is 12.1. The highest BCUT2D eigenvalue weighted by Gasteiger charge is 2.34. The number of esters is 1. The summed E-state index contributed by atoms with van der Waals surface area (Å²) in [5, 5.41) is 22.3. The molecule has 0 amide bonds. The van der Waals surface area contributed by atoms with Gasteiger partial charge in [-0.25, -0.2) is 4.57 Å². The van der Waals surface area contributed by atoms with Gasteiger partial charge in [-0.3, -0.25) is 10.0 Å². The molecular weight excluding hydrogens is 435 g/mol. The minimum Gasteiger partial charge on any atom is -0.733 e. The second kappa shape index (κ2) is 11.3. The van der Waals surface area contributed by atoms with Crippen LogP contribution in [0.15, 0.2) is 54.6 Å². The van der Waals surface area contributed by atoms with Gasteiger partial charge >= 0.3 is 13.7 Å². The van der Waals surface area contributed by atoms with E-state index in [1.807, 2.05) is 0 Å². The molecule has 0 heterocycles. The maximum Gasteiger partial charge on any atom is 0.513 e. The molecule has 0 bridgehead atoms. The van der Waals surface area contributed by atoms with Gasteiger partial charge in [0.15, 0.2) is 0 Å². The number of carbonyl (C=O) groups is 1. The smallest absolute Gasteiger partial charge is 0.513 e. The largest absolute Gasteiger partial charge is 0.733 e. The number of hydrogen-bond donors (Lipinski definition) is 2. The third kappa shape index (κ3) is 7.24. The molecule has 10 heteroatoms. The van der Waals surface area contributed by atoms with Crippen molar-refractivity contribution in [3.8, 4) is 11.5 Å².